The minimum absolute atomic E-state index is 0.421. The number of benzene rings is 2. The van der Waals surface area contributed by atoms with E-state index < -0.39 is 24.1 Å². The Labute approximate surface area is 133 Å². The summed E-state index contributed by atoms with van der Waals surface area (Å²) in [6.45, 7) is 1.48. The van der Waals surface area contributed by atoms with E-state index >= 15 is 0 Å². The van der Waals surface area contributed by atoms with Crippen molar-refractivity contribution in [2.45, 2.75) is 19.1 Å². The number of aliphatic hydroxyl groups is 1. The second kappa shape index (κ2) is 5.38. The lowest BCUT2D eigenvalue weighted by molar-refractivity contribution is -0.122. The van der Waals surface area contributed by atoms with E-state index in [1.807, 2.05) is 0 Å². The first-order valence-electron chi connectivity index (χ1n) is 7.18. The van der Waals surface area contributed by atoms with Crippen molar-refractivity contribution in [2.24, 2.45) is 0 Å². The molecule has 2 aromatic carbocycles. The molecule has 0 aromatic heterocycles. The number of likely N-dealkylation sites (N-methyl/N-ethyl adjacent to an activating group) is 1. The van der Waals surface area contributed by atoms with Gasteiger partial charge in [0.05, 0.1) is 23.4 Å². The van der Waals surface area contributed by atoms with Crippen molar-refractivity contribution >= 4 is 28.4 Å². The average molecular weight is 309 g/mol. The number of hydrogen-bond acceptors (Lipinski definition) is 4. The van der Waals surface area contributed by atoms with Gasteiger partial charge in [0.25, 0.3) is 5.91 Å². The first kappa shape index (κ1) is 15.0. The fraction of sp³-hybridized carbons (Fsp3) is 0.235. The summed E-state index contributed by atoms with van der Waals surface area (Å²) in [7, 11) is 1.49. The Bertz CT molecular complexity index is 854. The highest BCUT2D eigenvalue weighted by Gasteiger charge is 2.46. The van der Waals surface area contributed by atoms with Crippen molar-refractivity contribution in [2.75, 3.05) is 11.9 Å². The van der Waals surface area contributed by atoms with E-state index in [9.17, 15) is 20.0 Å². The minimum Gasteiger partial charge on any atom is -0.391 e. The highest BCUT2D eigenvalue weighted by Crippen LogP contribution is 2.33. The smallest absolute Gasteiger partial charge is 0.331 e. The minimum atomic E-state index is -0.967. The van der Waals surface area contributed by atoms with Crippen molar-refractivity contribution in [3.05, 3.63) is 42.0 Å². The second-order valence-electron chi connectivity index (χ2n) is 5.54. The Morgan fingerprint density at radius 3 is 2.39 bits per heavy atom. The Hall–Kier alpha value is -2.91. The molecular formula is C17H15N3O3. The molecule has 0 aliphatic carbocycles. The average Bonchev–Trinajstić information content (AvgIpc) is 2.76. The van der Waals surface area contributed by atoms with Crippen molar-refractivity contribution in [3.8, 4) is 6.07 Å². The van der Waals surface area contributed by atoms with E-state index in [0.717, 1.165) is 4.90 Å². The van der Waals surface area contributed by atoms with Gasteiger partial charge in [-0.3, -0.25) is 4.79 Å². The zero-order valence-corrected chi connectivity index (χ0v) is 12.7. The highest BCUT2D eigenvalue weighted by atomic mass is 16.3. The molecule has 1 N–H and O–H groups in total. The molecular weight excluding hydrogens is 294 g/mol. The number of rotatable bonds is 2. The van der Waals surface area contributed by atoms with Gasteiger partial charge >= 0.3 is 6.03 Å². The van der Waals surface area contributed by atoms with Gasteiger partial charge < -0.3 is 10.0 Å². The summed E-state index contributed by atoms with van der Waals surface area (Å²) in [5.41, 5.74) is 0.897. The Morgan fingerprint density at radius 2 is 1.83 bits per heavy atom. The zero-order valence-electron chi connectivity index (χ0n) is 12.7. The second-order valence-corrected chi connectivity index (χ2v) is 5.54. The maximum absolute atomic E-state index is 12.6. The van der Waals surface area contributed by atoms with Crippen LogP contribution in [0.4, 0.5) is 10.5 Å². The number of nitrogens with zero attached hydrogens (tertiary/aromatic N) is 3. The number of imide groups is 1. The molecule has 6 heteroatoms. The van der Waals surface area contributed by atoms with Gasteiger partial charge in [-0.1, -0.05) is 24.3 Å². The summed E-state index contributed by atoms with van der Waals surface area (Å²) in [4.78, 5) is 27.4. The lowest BCUT2D eigenvalue weighted by Crippen LogP contribution is -2.40. The number of carbonyl (C=O) groups is 2. The van der Waals surface area contributed by atoms with Gasteiger partial charge in [-0.25, -0.2) is 9.69 Å². The van der Waals surface area contributed by atoms with Gasteiger partial charge in [-0.05, 0) is 19.1 Å². The van der Waals surface area contributed by atoms with Crippen LogP contribution in [0.1, 0.15) is 12.5 Å². The molecule has 3 amide bonds. The topological polar surface area (TPSA) is 84.6 Å². The van der Waals surface area contributed by atoms with Crippen LogP contribution in [-0.2, 0) is 4.79 Å². The molecule has 6 nitrogen and oxygen atoms in total. The molecule has 3 rings (SSSR count). The van der Waals surface area contributed by atoms with Gasteiger partial charge in [0, 0.05) is 17.8 Å². The van der Waals surface area contributed by atoms with Crippen molar-refractivity contribution < 1.29 is 14.7 Å². The number of urea groups is 1. The van der Waals surface area contributed by atoms with Gasteiger partial charge in [0.1, 0.15) is 6.04 Å². The predicted molar refractivity (Wildman–Crippen MR) is 84.8 cm³/mol. The molecule has 0 bridgehead atoms. The summed E-state index contributed by atoms with van der Waals surface area (Å²) in [6, 6.07) is 11.0. The lowest BCUT2D eigenvalue weighted by atomic mass is 10.0. The van der Waals surface area contributed by atoms with Crippen LogP contribution in [0.25, 0.3) is 10.8 Å². The van der Waals surface area contributed by atoms with Crippen LogP contribution in [0, 0.1) is 11.3 Å². The Morgan fingerprint density at radius 1 is 1.17 bits per heavy atom. The fourth-order valence-electron chi connectivity index (χ4n) is 3.00. The van der Waals surface area contributed by atoms with Crippen LogP contribution < -0.4 is 4.90 Å². The van der Waals surface area contributed by atoms with Crippen molar-refractivity contribution in [3.63, 3.8) is 0 Å². The standard InChI is InChI=1S/C17H15N3O3/c1-10(21)15-16(22)20(17(23)19(15)2)14-8-7-11(9-18)12-5-3-4-6-13(12)14/h3-8,10,15,21H,1-2H3/t10-,15+/m1/s1. The van der Waals surface area contributed by atoms with Gasteiger partial charge in [-0.15, -0.1) is 0 Å². The molecule has 1 aliphatic heterocycles. The van der Waals surface area contributed by atoms with E-state index in [2.05, 4.69) is 6.07 Å². The molecule has 2 atom stereocenters. The molecule has 0 saturated carbocycles. The maximum atomic E-state index is 12.6. The van der Waals surface area contributed by atoms with E-state index in [-0.39, 0.29) is 0 Å². The molecule has 2 aromatic rings. The number of hydrogen-bond donors (Lipinski definition) is 1. The van der Waals surface area contributed by atoms with Crippen LogP contribution in [-0.4, -0.2) is 41.1 Å². The van der Waals surface area contributed by atoms with Crippen molar-refractivity contribution in [1.82, 2.24) is 4.90 Å². The monoisotopic (exact) mass is 309 g/mol. The molecule has 0 radical (unpaired) electrons. The third-order valence-electron chi connectivity index (χ3n) is 4.10. The van der Waals surface area contributed by atoms with Crippen LogP contribution >= 0.6 is 0 Å². The molecule has 0 spiro atoms. The van der Waals surface area contributed by atoms with Crippen LogP contribution in [0.5, 0.6) is 0 Å². The SMILES string of the molecule is C[C@@H](O)[C@H]1C(=O)N(c2ccc(C#N)c3ccccc23)C(=O)N1C. The van der Waals surface area contributed by atoms with Gasteiger partial charge in [0.15, 0.2) is 0 Å². The van der Waals surface area contributed by atoms with Gasteiger partial charge in [0.2, 0.25) is 0 Å². The summed E-state index contributed by atoms with van der Waals surface area (Å²) < 4.78 is 0. The zero-order chi connectivity index (χ0) is 16.7. The Kier molecular flexibility index (Phi) is 3.51. The number of fused-ring (bicyclic) bond motifs is 1. The van der Waals surface area contributed by atoms with Crippen LogP contribution in [0.2, 0.25) is 0 Å². The number of aliphatic hydroxyl groups excluding tert-OH is 1. The molecule has 0 unspecified atom stereocenters. The molecule has 1 saturated heterocycles. The maximum Gasteiger partial charge on any atom is 0.331 e. The number of anilines is 1. The highest BCUT2D eigenvalue weighted by molar-refractivity contribution is 6.24. The van der Waals surface area contributed by atoms with Crippen LogP contribution in [0.15, 0.2) is 36.4 Å². The molecule has 23 heavy (non-hydrogen) atoms. The number of amides is 3. The van der Waals surface area contributed by atoms with E-state index in [1.165, 1.54) is 18.9 Å². The predicted octanol–water partition coefficient (Wildman–Crippen LogP) is 1.86. The lowest BCUT2D eigenvalue weighted by Gasteiger charge is -2.17. The quantitative estimate of drug-likeness (QED) is 0.858. The first-order valence-corrected chi connectivity index (χ1v) is 7.18. The van der Waals surface area contributed by atoms with Crippen molar-refractivity contribution in [1.29, 1.82) is 5.26 Å². The van der Waals surface area contributed by atoms with Crippen LogP contribution in [0.3, 0.4) is 0 Å². The summed E-state index contributed by atoms with van der Waals surface area (Å²) in [5, 5.41) is 20.3. The number of nitriles is 1. The van der Waals surface area contributed by atoms with E-state index in [0.29, 0.717) is 22.0 Å². The Balaban J connectivity index is 2.20. The third kappa shape index (κ3) is 2.14. The number of carbonyl (C=O) groups excluding carboxylic acids is 2. The van der Waals surface area contributed by atoms with E-state index in [1.54, 1.807) is 36.4 Å². The third-order valence-corrected chi connectivity index (χ3v) is 4.10. The molecule has 1 fully saturated rings. The van der Waals surface area contributed by atoms with Gasteiger partial charge in [-0.2, -0.15) is 5.26 Å². The largest absolute Gasteiger partial charge is 0.391 e. The summed E-state index contributed by atoms with van der Waals surface area (Å²) >= 11 is 0. The first-order chi connectivity index (χ1) is 11.0. The molecule has 1 aliphatic rings. The fourth-order valence-corrected chi connectivity index (χ4v) is 3.00. The molecule has 1 heterocycles. The summed E-state index contributed by atoms with van der Waals surface area (Å²) in [6.07, 6.45) is -0.967. The summed E-state index contributed by atoms with van der Waals surface area (Å²) in [5.74, 6) is -0.470. The molecule has 116 valence electrons. The van der Waals surface area contributed by atoms with E-state index in [4.69, 9.17) is 0 Å². The normalized spacial score (nSPS) is 19.3.